The highest BCUT2D eigenvalue weighted by Gasteiger charge is 2.16. The van der Waals surface area contributed by atoms with Crippen molar-refractivity contribution >= 4 is 5.84 Å². The van der Waals surface area contributed by atoms with Crippen LogP contribution < -0.4 is 5.48 Å². The molecule has 0 spiro atoms. The smallest absolute Gasteiger partial charge is 0.123 e. The quantitative estimate of drug-likeness (QED) is 0.273. The molecule has 0 heterocycles. The molecule has 1 aliphatic carbocycles. The number of amidine groups is 1. The van der Waals surface area contributed by atoms with Gasteiger partial charge in [-0.1, -0.05) is 25.7 Å². The van der Waals surface area contributed by atoms with Gasteiger partial charge < -0.3 is 0 Å². The Bertz CT molecular complexity index is 149. The average Bonchev–Trinajstić information content (AvgIpc) is 2.35. The molecule has 1 saturated carbocycles. The molecule has 0 aromatic carbocycles. The van der Waals surface area contributed by atoms with Gasteiger partial charge in [0.15, 0.2) is 0 Å². The van der Waals surface area contributed by atoms with Crippen molar-refractivity contribution in [2.45, 2.75) is 38.5 Å². The summed E-state index contributed by atoms with van der Waals surface area (Å²) in [5, 5.41) is 8.79. The first-order valence-electron chi connectivity index (χ1n) is 4.75. The Labute approximate surface area is 73.8 Å². The maximum atomic E-state index is 8.79. The molecule has 12 heavy (non-hydrogen) atoms. The lowest BCUT2D eigenvalue weighted by atomic mass is 9.99. The molecule has 1 rings (SSSR count). The number of hydrogen-bond donors (Lipinski definition) is 2. The van der Waals surface area contributed by atoms with Crippen molar-refractivity contribution in [2.24, 2.45) is 10.9 Å². The molecular formula is C9H18N2O. The lowest BCUT2D eigenvalue weighted by molar-refractivity contribution is 0.225. The van der Waals surface area contributed by atoms with Crippen molar-refractivity contribution in [1.29, 1.82) is 0 Å². The van der Waals surface area contributed by atoms with E-state index in [-0.39, 0.29) is 0 Å². The lowest BCUT2D eigenvalue weighted by Gasteiger charge is -2.14. The van der Waals surface area contributed by atoms with Crippen LogP contribution in [0.5, 0.6) is 0 Å². The van der Waals surface area contributed by atoms with E-state index in [1.165, 1.54) is 38.5 Å². The van der Waals surface area contributed by atoms with E-state index in [4.69, 9.17) is 5.21 Å². The van der Waals surface area contributed by atoms with Gasteiger partial charge in [-0.15, -0.1) is 0 Å². The van der Waals surface area contributed by atoms with Crippen LogP contribution in [-0.4, -0.2) is 18.1 Å². The highest BCUT2D eigenvalue weighted by molar-refractivity contribution is 5.83. The average molecular weight is 170 g/mol. The maximum absolute atomic E-state index is 8.79. The predicted molar refractivity (Wildman–Crippen MR) is 49.5 cm³/mol. The Kier molecular flexibility index (Phi) is 4.08. The van der Waals surface area contributed by atoms with Crippen molar-refractivity contribution in [3.8, 4) is 0 Å². The van der Waals surface area contributed by atoms with E-state index in [1.54, 1.807) is 7.05 Å². The summed E-state index contributed by atoms with van der Waals surface area (Å²) >= 11 is 0. The van der Waals surface area contributed by atoms with Crippen molar-refractivity contribution in [3.05, 3.63) is 0 Å². The van der Waals surface area contributed by atoms with Crippen LogP contribution in [0.3, 0.4) is 0 Å². The Morgan fingerprint density at radius 2 is 1.83 bits per heavy atom. The van der Waals surface area contributed by atoms with Gasteiger partial charge in [0.25, 0.3) is 0 Å². The van der Waals surface area contributed by atoms with Gasteiger partial charge >= 0.3 is 0 Å². The van der Waals surface area contributed by atoms with Gasteiger partial charge in [-0.25, -0.2) is 0 Å². The van der Waals surface area contributed by atoms with Crippen LogP contribution in [-0.2, 0) is 0 Å². The third kappa shape index (κ3) is 2.48. The fraction of sp³-hybridized carbons (Fsp3) is 0.889. The molecule has 70 valence electrons. The standard InChI is InChI=1S/C9H18N2O/c1-10-9(11-12)8-6-4-2-3-5-7-8/h8,12H,2-7H2,1H3,(H,10,11). The van der Waals surface area contributed by atoms with Crippen molar-refractivity contribution < 1.29 is 5.21 Å². The largest absolute Gasteiger partial charge is 0.290 e. The van der Waals surface area contributed by atoms with Crippen molar-refractivity contribution in [2.75, 3.05) is 7.05 Å². The maximum Gasteiger partial charge on any atom is 0.123 e. The Balaban J connectivity index is 2.47. The second-order valence-corrected chi connectivity index (χ2v) is 3.41. The van der Waals surface area contributed by atoms with Crippen molar-refractivity contribution in [3.63, 3.8) is 0 Å². The summed E-state index contributed by atoms with van der Waals surface area (Å²) in [6.07, 6.45) is 7.54. The molecular weight excluding hydrogens is 152 g/mol. The number of nitrogens with zero attached hydrogens (tertiary/aromatic N) is 1. The highest BCUT2D eigenvalue weighted by atomic mass is 16.5. The van der Waals surface area contributed by atoms with Crippen LogP contribution in [0.1, 0.15) is 38.5 Å². The van der Waals surface area contributed by atoms with E-state index in [0.29, 0.717) is 5.92 Å². The third-order valence-corrected chi connectivity index (χ3v) is 2.60. The monoisotopic (exact) mass is 170 g/mol. The van der Waals surface area contributed by atoms with Crippen LogP contribution in [0.25, 0.3) is 0 Å². The molecule has 0 aromatic rings. The van der Waals surface area contributed by atoms with Crippen LogP contribution in [0.2, 0.25) is 0 Å². The van der Waals surface area contributed by atoms with Gasteiger partial charge in [0.05, 0.1) is 0 Å². The van der Waals surface area contributed by atoms with E-state index < -0.39 is 0 Å². The summed E-state index contributed by atoms with van der Waals surface area (Å²) in [4.78, 5) is 4.03. The van der Waals surface area contributed by atoms with Gasteiger partial charge in [-0.05, 0) is 12.8 Å². The molecule has 3 heteroatoms. The summed E-state index contributed by atoms with van der Waals surface area (Å²) in [6.45, 7) is 0. The fourth-order valence-corrected chi connectivity index (χ4v) is 1.88. The molecule has 0 amide bonds. The zero-order valence-corrected chi connectivity index (χ0v) is 7.71. The first kappa shape index (κ1) is 9.52. The zero-order valence-electron chi connectivity index (χ0n) is 7.71. The number of hydroxylamine groups is 1. The Hall–Kier alpha value is -0.570. The second-order valence-electron chi connectivity index (χ2n) is 3.41. The number of nitrogens with one attached hydrogen (secondary N) is 1. The summed E-state index contributed by atoms with van der Waals surface area (Å²) in [7, 11) is 1.73. The van der Waals surface area contributed by atoms with E-state index in [2.05, 4.69) is 10.5 Å². The van der Waals surface area contributed by atoms with E-state index in [9.17, 15) is 0 Å². The summed E-state index contributed by atoms with van der Waals surface area (Å²) in [5.74, 6) is 1.22. The van der Waals surface area contributed by atoms with E-state index >= 15 is 0 Å². The predicted octanol–water partition coefficient (Wildman–Crippen LogP) is 1.96. The highest BCUT2D eigenvalue weighted by Crippen LogP contribution is 2.23. The number of hydrogen-bond acceptors (Lipinski definition) is 2. The SMILES string of the molecule is CN=C(NO)C1CCCCCC1. The van der Waals surface area contributed by atoms with Gasteiger partial charge in [-0.2, -0.15) is 0 Å². The van der Waals surface area contributed by atoms with Crippen LogP contribution >= 0.6 is 0 Å². The van der Waals surface area contributed by atoms with Gasteiger partial charge in [0.1, 0.15) is 5.84 Å². The molecule has 0 saturated heterocycles. The Morgan fingerprint density at radius 3 is 2.25 bits per heavy atom. The summed E-state index contributed by atoms with van der Waals surface area (Å²) in [6, 6.07) is 0. The fourth-order valence-electron chi connectivity index (χ4n) is 1.88. The lowest BCUT2D eigenvalue weighted by Crippen LogP contribution is -2.27. The minimum absolute atomic E-state index is 0.461. The molecule has 0 radical (unpaired) electrons. The van der Waals surface area contributed by atoms with Crippen molar-refractivity contribution in [1.82, 2.24) is 5.48 Å². The first-order valence-corrected chi connectivity index (χ1v) is 4.75. The molecule has 3 nitrogen and oxygen atoms in total. The Morgan fingerprint density at radius 1 is 1.25 bits per heavy atom. The van der Waals surface area contributed by atoms with Crippen LogP contribution in [0, 0.1) is 5.92 Å². The molecule has 2 N–H and O–H groups in total. The molecule has 0 unspecified atom stereocenters. The van der Waals surface area contributed by atoms with Gasteiger partial charge in [-0.3, -0.25) is 15.7 Å². The number of aliphatic imine (C=N–C) groups is 1. The second kappa shape index (κ2) is 5.14. The number of rotatable bonds is 1. The molecule has 0 bridgehead atoms. The van der Waals surface area contributed by atoms with E-state index in [0.717, 1.165) is 5.84 Å². The summed E-state index contributed by atoms with van der Waals surface area (Å²) < 4.78 is 0. The first-order chi connectivity index (χ1) is 5.88. The third-order valence-electron chi connectivity index (χ3n) is 2.60. The molecule has 0 aromatic heterocycles. The van der Waals surface area contributed by atoms with Gasteiger partial charge in [0, 0.05) is 13.0 Å². The zero-order chi connectivity index (χ0) is 8.81. The van der Waals surface area contributed by atoms with Gasteiger partial charge in [0.2, 0.25) is 0 Å². The normalized spacial score (nSPS) is 22.0. The van der Waals surface area contributed by atoms with Crippen LogP contribution in [0.4, 0.5) is 0 Å². The molecule has 0 atom stereocenters. The molecule has 0 aliphatic heterocycles. The minimum atomic E-state index is 0.461. The topological polar surface area (TPSA) is 44.6 Å². The van der Waals surface area contributed by atoms with E-state index in [1.807, 2.05) is 0 Å². The molecule has 1 aliphatic rings. The van der Waals surface area contributed by atoms with Crippen LogP contribution in [0.15, 0.2) is 4.99 Å². The summed E-state index contributed by atoms with van der Waals surface area (Å²) in [5.41, 5.74) is 2.20. The minimum Gasteiger partial charge on any atom is -0.290 e. The molecule has 1 fully saturated rings.